The molecule has 0 saturated carbocycles. The second kappa shape index (κ2) is 7.99. The number of H-pyrrole nitrogens is 1. The normalized spacial score (nSPS) is 11.0. The topological polar surface area (TPSA) is 56.9 Å². The van der Waals surface area contributed by atoms with Gasteiger partial charge in [0.25, 0.3) is 0 Å². The van der Waals surface area contributed by atoms with Crippen molar-refractivity contribution in [2.75, 3.05) is 18.4 Å². The van der Waals surface area contributed by atoms with Gasteiger partial charge in [0.05, 0.1) is 0 Å². The van der Waals surface area contributed by atoms with Crippen LogP contribution in [0, 0.1) is 13.8 Å². The number of rotatable bonds is 7. The second-order valence-electron chi connectivity index (χ2n) is 6.53. The van der Waals surface area contributed by atoms with Crippen LogP contribution >= 0.6 is 0 Å². The van der Waals surface area contributed by atoms with Crippen LogP contribution in [0.15, 0.2) is 48.7 Å². The molecule has 0 aliphatic carbocycles. The molecule has 130 valence electrons. The SMILES string of the molecule is Cc1cc(C)cc(NC(=O)CCNCCc2c[nH]c3ccccc23)c1. The highest BCUT2D eigenvalue weighted by Gasteiger charge is 2.05. The lowest BCUT2D eigenvalue weighted by atomic mass is 10.1. The molecule has 2 aromatic carbocycles. The average Bonchev–Trinajstić information content (AvgIpc) is 2.97. The van der Waals surface area contributed by atoms with Gasteiger partial charge in [-0.15, -0.1) is 0 Å². The van der Waals surface area contributed by atoms with Crippen molar-refractivity contribution in [1.29, 1.82) is 0 Å². The maximum Gasteiger partial charge on any atom is 0.225 e. The van der Waals surface area contributed by atoms with Crippen LogP contribution in [-0.4, -0.2) is 24.0 Å². The lowest BCUT2D eigenvalue weighted by Gasteiger charge is -2.08. The van der Waals surface area contributed by atoms with Gasteiger partial charge in [-0.25, -0.2) is 0 Å². The Morgan fingerprint density at radius 3 is 2.60 bits per heavy atom. The van der Waals surface area contributed by atoms with E-state index < -0.39 is 0 Å². The van der Waals surface area contributed by atoms with Gasteiger partial charge in [0, 0.05) is 35.8 Å². The van der Waals surface area contributed by atoms with E-state index in [1.807, 2.05) is 32.0 Å². The van der Waals surface area contributed by atoms with Crippen LogP contribution in [0.25, 0.3) is 10.9 Å². The Balaban J connectivity index is 1.40. The highest BCUT2D eigenvalue weighted by molar-refractivity contribution is 5.91. The van der Waals surface area contributed by atoms with Crippen LogP contribution in [0.5, 0.6) is 0 Å². The molecule has 0 radical (unpaired) electrons. The number of hydrogen-bond donors (Lipinski definition) is 3. The van der Waals surface area contributed by atoms with E-state index in [4.69, 9.17) is 0 Å². The zero-order chi connectivity index (χ0) is 17.6. The molecule has 0 unspecified atom stereocenters. The van der Waals surface area contributed by atoms with Crippen LogP contribution in [0.4, 0.5) is 5.69 Å². The third kappa shape index (κ3) is 4.70. The Hall–Kier alpha value is -2.59. The molecule has 0 aliphatic heterocycles. The number of amides is 1. The first-order chi connectivity index (χ1) is 12.1. The lowest BCUT2D eigenvalue weighted by Crippen LogP contribution is -2.23. The Labute approximate surface area is 148 Å². The molecule has 0 fully saturated rings. The summed E-state index contributed by atoms with van der Waals surface area (Å²) < 4.78 is 0. The summed E-state index contributed by atoms with van der Waals surface area (Å²) in [4.78, 5) is 15.3. The quantitative estimate of drug-likeness (QED) is 0.573. The van der Waals surface area contributed by atoms with Crippen molar-refractivity contribution in [3.05, 3.63) is 65.4 Å². The summed E-state index contributed by atoms with van der Waals surface area (Å²) in [6.07, 6.45) is 3.49. The molecule has 0 aliphatic rings. The van der Waals surface area contributed by atoms with E-state index in [9.17, 15) is 4.79 Å². The van der Waals surface area contributed by atoms with Gasteiger partial charge < -0.3 is 15.6 Å². The van der Waals surface area contributed by atoms with Crippen LogP contribution in [0.1, 0.15) is 23.1 Å². The van der Waals surface area contributed by atoms with Crippen molar-refractivity contribution >= 4 is 22.5 Å². The molecule has 4 nitrogen and oxygen atoms in total. The van der Waals surface area contributed by atoms with Crippen LogP contribution < -0.4 is 10.6 Å². The van der Waals surface area contributed by atoms with E-state index >= 15 is 0 Å². The number of aryl methyl sites for hydroxylation is 2. The average molecular weight is 335 g/mol. The van der Waals surface area contributed by atoms with E-state index in [1.165, 1.54) is 16.5 Å². The molecule has 1 aromatic heterocycles. The Bertz CT molecular complexity index is 846. The van der Waals surface area contributed by atoms with Gasteiger partial charge in [0.1, 0.15) is 0 Å². The number of carbonyl (C=O) groups is 1. The standard InChI is InChI=1S/C21H25N3O/c1-15-11-16(2)13-18(12-15)24-21(25)8-10-22-9-7-17-14-23-20-6-4-3-5-19(17)20/h3-6,11-14,22-23H,7-10H2,1-2H3,(H,24,25). The molecule has 4 heteroatoms. The van der Waals surface area contributed by atoms with E-state index in [0.717, 1.165) is 29.8 Å². The summed E-state index contributed by atoms with van der Waals surface area (Å²) in [6, 6.07) is 14.4. The molecule has 1 amide bonds. The van der Waals surface area contributed by atoms with Crippen LogP contribution in [-0.2, 0) is 11.2 Å². The number of para-hydroxylation sites is 1. The van der Waals surface area contributed by atoms with Gasteiger partial charge in [0.2, 0.25) is 5.91 Å². The molecule has 3 N–H and O–H groups in total. The zero-order valence-corrected chi connectivity index (χ0v) is 14.9. The summed E-state index contributed by atoms with van der Waals surface area (Å²) in [5.74, 6) is 0.0459. The van der Waals surface area contributed by atoms with Crippen molar-refractivity contribution in [1.82, 2.24) is 10.3 Å². The first kappa shape index (κ1) is 17.2. The zero-order valence-electron chi connectivity index (χ0n) is 14.9. The van der Waals surface area contributed by atoms with Crippen LogP contribution in [0.3, 0.4) is 0 Å². The number of aromatic amines is 1. The molecule has 25 heavy (non-hydrogen) atoms. The number of fused-ring (bicyclic) bond motifs is 1. The van der Waals surface area contributed by atoms with Crippen molar-refractivity contribution < 1.29 is 4.79 Å². The molecule has 1 heterocycles. The van der Waals surface area contributed by atoms with Crippen LogP contribution in [0.2, 0.25) is 0 Å². The predicted molar refractivity (Wildman–Crippen MR) is 104 cm³/mol. The number of benzene rings is 2. The summed E-state index contributed by atoms with van der Waals surface area (Å²) >= 11 is 0. The van der Waals surface area contributed by atoms with Gasteiger partial charge >= 0.3 is 0 Å². The van der Waals surface area contributed by atoms with Crippen molar-refractivity contribution in [2.45, 2.75) is 26.7 Å². The molecular formula is C21H25N3O. The van der Waals surface area contributed by atoms with Crippen molar-refractivity contribution in [2.24, 2.45) is 0 Å². The summed E-state index contributed by atoms with van der Waals surface area (Å²) in [5, 5.41) is 7.60. The van der Waals surface area contributed by atoms with E-state index in [2.05, 4.69) is 46.1 Å². The van der Waals surface area contributed by atoms with Gasteiger partial charge in [-0.05, 0) is 61.7 Å². The van der Waals surface area contributed by atoms with Gasteiger partial charge in [0.15, 0.2) is 0 Å². The van der Waals surface area contributed by atoms with Crippen molar-refractivity contribution in [3.63, 3.8) is 0 Å². The molecule has 3 rings (SSSR count). The van der Waals surface area contributed by atoms with E-state index in [-0.39, 0.29) is 5.91 Å². The Morgan fingerprint density at radius 2 is 1.80 bits per heavy atom. The highest BCUT2D eigenvalue weighted by atomic mass is 16.1. The maximum absolute atomic E-state index is 12.0. The van der Waals surface area contributed by atoms with E-state index in [0.29, 0.717) is 13.0 Å². The van der Waals surface area contributed by atoms with Gasteiger partial charge in [-0.1, -0.05) is 24.3 Å². The molecule has 0 saturated heterocycles. The largest absolute Gasteiger partial charge is 0.361 e. The third-order valence-corrected chi connectivity index (χ3v) is 4.28. The third-order valence-electron chi connectivity index (χ3n) is 4.28. The van der Waals surface area contributed by atoms with E-state index in [1.54, 1.807) is 0 Å². The minimum Gasteiger partial charge on any atom is -0.361 e. The van der Waals surface area contributed by atoms with Crippen molar-refractivity contribution in [3.8, 4) is 0 Å². The fourth-order valence-corrected chi connectivity index (χ4v) is 3.16. The van der Waals surface area contributed by atoms with Gasteiger partial charge in [-0.2, -0.15) is 0 Å². The highest BCUT2D eigenvalue weighted by Crippen LogP contribution is 2.17. The summed E-state index contributed by atoms with van der Waals surface area (Å²) in [6.45, 7) is 5.61. The smallest absolute Gasteiger partial charge is 0.225 e. The molecule has 0 bridgehead atoms. The summed E-state index contributed by atoms with van der Waals surface area (Å²) in [5.41, 5.74) is 5.67. The Morgan fingerprint density at radius 1 is 1.04 bits per heavy atom. The van der Waals surface area contributed by atoms with Gasteiger partial charge in [-0.3, -0.25) is 4.79 Å². The minimum absolute atomic E-state index is 0.0459. The number of aromatic nitrogens is 1. The lowest BCUT2D eigenvalue weighted by molar-refractivity contribution is -0.116. The Kier molecular flexibility index (Phi) is 5.51. The fraction of sp³-hybridized carbons (Fsp3) is 0.286. The minimum atomic E-state index is 0.0459. The first-order valence-electron chi connectivity index (χ1n) is 8.76. The fourth-order valence-electron chi connectivity index (χ4n) is 3.16. The summed E-state index contributed by atoms with van der Waals surface area (Å²) in [7, 11) is 0. The number of hydrogen-bond acceptors (Lipinski definition) is 2. The number of anilines is 1. The second-order valence-corrected chi connectivity index (χ2v) is 6.53. The first-order valence-corrected chi connectivity index (χ1v) is 8.76. The maximum atomic E-state index is 12.0. The molecule has 0 atom stereocenters. The molecule has 3 aromatic rings. The molecular weight excluding hydrogens is 310 g/mol. The number of carbonyl (C=O) groups excluding carboxylic acids is 1. The number of nitrogens with one attached hydrogen (secondary N) is 3. The monoisotopic (exact) mass is 335 g/mol. The predicted octanol–water partition coefficient (Wildman–Crippen LogP) is 3.95. The molecule has 0 spiro atoms.